The highest BCUT2D eigenvalue weighted by atomic mass is 32.2. The van der Waals surface area contributed by atoms with Crippen LogP contribution < -0.4 is 5.73 Å². The Hall–Kier alpha value is -0.720. The van der Waals surface area contributed by atoms with Gasteiger partial charge in [-0.3, -0.25) is 0 Å². The number of thioether (sulfide) groups is 1. The molecule has 1 aromatic rings. The number of hydrogen-bond donors (Lipinski definition) is 1. The second-order valence-electron chi connectivity index (χ2n) is 4.58. The van der Waals surface area contributed by atoms with Crippen molar-refractivity contribution in [2.75, 3.05) is 18.1 Å². The average Bonchev–Trinajstić information content (AvgIpc) is 2.38. The van der Waals surface area contributed by atoms with Crippen molar-refractivity contribution in [3.63, 3.8) is 0 Å². The van der Waals surface area contributed by atoms with Gasteiger partial charge in [0, 0.05) is 11.5 Å². The summed E-state index contributed by atoms with van der Waals surface area (Å²) in [4.78, 5) is 0. The van der Waals surface area contributed by atoms with E-state index in [0.717, 1.165) is 29.2 Å². The summed E-state index contributed by atoms with van der Waals surface area (Å²) in [6, 6.07) is 3.31. The number of halogens is 3. The molecule has 19 heavy (non-hydrogen) atoms. The molecule has 1 saturated heterocycles. The molecule has 106 valence electrons. The van der Waals surface area contributed by atoms with E-state index in [1.165, 1.54) is 6.07 Å². The van der Waals surface area contributed by atoms with Crippen LogP contribution in [-0.2, 0) is 10.9 Å². The topological polar surface area (TPSA) is 35.2 Å². The lowest BCUT2D eigenvalue weighted by atomic mass is 9.96. The smallest absolute Gasteiger partial charge is 0.375 e. The van der Waals surface area contributed by atoms with E-state index in [2.05, 4.69) is 0 Å². The van der Waals surface area contributed by atoms with E-state index in [-0.39, 0.29) is 12.1 Å². The summed E-state index contributed by atoms with van der Waals surface area (Å²) >= 11 is 1.75. The zero-order chi connectivity index (χ0) is 14.0. The molecule has 1 aromatic carbocycles. The fourth-order valence-corrected chi connectivity index (χ4v) is 3.06. The van der Waals surface area contributed by atoms with Crippen LogP contribution in [0.1, 0.15) is 22.7 Å². The van der Waals surface area contributed by atoms with E-state index in [1.807, 2.05) is 0 Å². The lowest BCUT2D eigenvalue weighted by Gasteiger charge is -2.29. The third-order valence-electron chi connectivity index (χ3n) is 3.20. The molecule has 0 radical (unpaired) electrons. The van der Waals surface area contributed by atoms with Crippen LogP contribution in [0.4, 0.5) is 13.2 Å². The minimum absolute atomic E-state index is 0.130. The van der Waals surface area contributed by atoms with Crippen LogP contribution in [0.15, 0.2) is 18.2 Å². The lowest BCUT2D eigenvalue weighted by molar-refractivity contribution is -0.137. The van der Waals surface area contributed by atoms with Crippen LogP contribution in [0.3, 0.4) is 0 Å². The van der Waals surface area contributed by atoms with Gasteiger partial charge in [0.25, 0.3) is 0 Å². The first-order chi connectivity index (χ1) is 8.89. The van der Waals surface area contributed by atoms with Crippen LogP contribution in [0, 0.1) is 6.92 Å². The van der Waals surface area contributed by atoms with Gasteiger partial charge < -0.3 is 10.5 Å². The fourth-order valence-electron chi connectivity index (χ4n) is 2.14. The highest BCUT2D eigenvalue weighted by Gasteiger charge is 2.31. The standard InChI is InChI=1S/C13H16F3NOS/c1-8-6-9(13(14,15)16)2-3-10(8)12(17)11-7-19-5-4-18-11/h2-3,6,11-12H,4-5,7,17H2,1H3. The quantitative estimate of drug-likeness (QED) is 0.909. The minimum atomic E-state index is -4.31. The predicted octanol–water partition coefficient (Wildman–Crippen LogP) is 3.15. The summed E-state index contributed by atoms with van der Waals surface area (Å²) in [5.41, 5.74) is 6.75. The summed E-state index contributed by atoms with van der Waals surface area (Å²) < 4.78 is 43.4. The highest BCUT2D eigenvalue weighted by molar-refractivity contribution is 7.99. The number of alkyl halides is 3. The maximum Gasteiger partial charge on any atom is 0.416 e. The van der Waals surface area contributed by atoms with E-state index in [4.69, 9.17) is 10.5 Å². The lowest BCUT2D eigenvalue weighted by Crippen LogP contribution is -2.35. The molecule has 2 N–H and O–H groups in total. The van der Waals surface area contributed by atoms with Crippen molar-refractivity contribution in [2.24, 2.45) is 5.73 Å². The van der Waals surface area contributed by atoms with Gasteiger partial charge in [-0.2, -0.15) is 24.9 Å². The Kier molecular flexibility index (Phi) is 4.43. The second-order valence-corrected chi connectivity index (χ2v) is 5.73. The Labute approximate surface area is 114 Å². The molecule has 0 aromatic heterocycles. The molecule has 1 heterocycles. The van der Waals surface area contributed by atoms with Gasteiger partial charge in [0.05, 0.1) is 24.3 Å². The van der Waals surface area contributed by atoms with Gasteiger partial charge in [0.15, 0.2) is 0 Å². The second kappa shape index (κ2) is 5.73. The molecule has 1 aliphatic heterocycles. The van der Waals surface area contributed by atoms with Gasteiger partial charge in [0.2, 0.25) is 0 Å². The molecular formula is C13H16F3NOS. The first-order valence-electron chi connectivity index (χ1n) is 6.02. The van der Waals surface area contributed by atoms with Gasteiger partial charge in [-0.1, -0.05) is 6.07 Å². The first kappa shape index (κ1) is 14.7. The average molecular weight is 291 g/mol. The van der Waals surface area contributed by atoms with Gasteiger partial charge >= 0.3 is 6.18 Å². The first-order valence-corrected chi connectivity index (χ1v) is 7.17. The van der Waals surface area contributed by atoms with E-state index >= 15 is 0 Å². The Balaban J connectivity index is 2.20. The fraction of sp³-hybridized carbons (Fsp3) is 0.538. The SMILES string of the molecule is Cc1cc(C(F)(F)F)ccc1C(N)C1CSCCO1. The zero-order valence-corrected chi connectivity index (χ0v) is 11.4. The van der Waals surface area contributed by atoms with Crippen LogP contribution in [0.2, 0.25) is 0 Å². The third-order valence-corrected chi connectivity index (χ3v) is 4.22. The molecule has 0 aliphatic carbocycles. The van der Waals surface area contributed by atoms with E-state index in [0.29, 0.717) is 12.2 Å². The molecule has 2 unspecified atom stereocenters. The summed E-state index contributed by atoms with van der Waals surface area (Å²) in [5, 5.41) is 0. The van der Waals surface area contributed by atoms with Gasteiger partial charge in [-0.15, -0.1) is 0 Å². The molecule has 0 amide bonds. The van der Waals surface area contributed by atoms with Gasteiger partial charge in [0.1, 0.15) is 0 Å². The number of nitrogens with two attached hydrogens (primary N) is 1. The van der Waals surface area contributed by atoms with Crippen LogP contribution in [0.5, 0.6) is 0 Å². The Bertz CT molecular complexity index is 444. The Morgan fingerprint density at radius 3 is 2.68 bits per heavy atom. The monoisotopic (exact) mass is 291 g/mol. The maximum absolute atomic E-state index is 12.6. The Morgan fingerprint density at radius 1 is 1.42 bits per heavy atom. The number of hydrogen-bond acceptors (Lipinski definition) is 3. The van der Waals surface area contributed by atoms with Crippen molar-refractivity contribution >= 4 is 11.8 Å². The normalized spacial score (nSPS) is 22.3. The molecule has 0 bridgehead atoms. The largest absolute Gasteiger partial charge is 0.416 e. The summed E-state index contributed by atoms with van der Waals surface area (Å²) in [6.07, 6.45) is -4.45. The molecule has 1 aliphatic rings. The molecule has 0 saturated carbocycles. The molecular weight excluding hydrogens is 275 g/mol. The van der Waals surface area contributed by atoms with Crippen molar-refractivity contribution in [1.29, 1.82) is 0 Å². The number of ether oxygens (including phenoxy) is 1. The molecule has 0 spiro atoms. The van der Waals surface area contributed by atoms with Crippen molar-refractivity contribution < 1.29 is 17.9 Å². The Morgan fingerprint density at radius 2 is 2.16 bits per heavy atom. The number of aryl methyl sites for hydroxylation is 1. The summed E-state index contributed by atoms with van der Waals surface area (Å²) in [7, 11) is 0. The van der Waals surface area contributed by atoms with Gasteiger partial charge in [-0.05, 0) is 30.2 Å². The van der Waals surface area contributed by atoms with Crippen LogP contribution in [0.25, 0.3) is 0 Å². The van der Waals surface area contributed by atoms with E-state index < -0.39 is 11.7 Å². The van der Waals surface area contributed by atoms with Crippen molar-refractivity contribution in [2.45, 2.75) is 25.2 Å². The van der Waals surface area contributed by atoms with Crippen molar-refractivity contribution in [1.82, 2.24) is 0 Å². The highest BCUT2D eigenvalue weighted by Crippen LogP contribution is 2.32. The minimum Gasteiger partial charge on any atom is -0.375 e. The van der Waals surface area contributed by atoms with Crippen molar-refractivity contribution in [3.05, 3.63) is 34.9 Å². The van der Waals surface area contributed by atoms with E-state index in [9.17, 15) is 13.2 Å². The number of rotatable bonds is 2. The van der Waals surface area contributed by atoms with E-state index in [1.54, 1.807) is 18.7 Å². The molecule has 2 atom stereocenters. The zero-order valence-electron chi connectivity index (χ0n) is 10.5. The van der Waals surface area contributed by atoms with Gasteiger partial charge in [-0.25, -0.2) is 0 Å². The predicted molar refractivity (Wildman–Crippen MR) is 70.2 cm³/mol. The molecule has 2 rings (SSSR count). The summed E-state index contributed by atoms with van der Waals surface area (Å²) in [5.74, 6) is 1.72. The summed E-state index contributed by atoms with van der Waals surface area (Å²) in [6.45, 7) is 2.29. The van der Waals surface area contributed by atoms with Crippen molar-refractivity contribution in [3.8, 4) is 0 Å². The maximum atomic E-state index is 12.6. The molecule has 6 heteroatoms. The number of benzene rings is 1. The molecule has 2 nitrogen and oxygen atoms in total. The third kappa shape index (κ3) is 3.43. The molecule has 1 fully saturated rings. The van der Waals surface area contributed by atoms with Crippen LogP contribution >= 0.6 is 11.8 Å². The van der Waals surface area contributed by atoms with Crippen LogP contribution in [-0.4, -0.2) is 24.2 Å².